The molecule has 0 bridgehead atoms. The van der Waals surface area contributed by atoms with Crippen molar-refractivity contribution in [2.75, 3.05) is 33.0 Å². The minimum absolute atomic E-state index is 0.459. The molecule has 1 fully saturated rings. The van der Waals surface area contributed by atoms with E-state index in [1.165, 1.54) is 25.7 Å². The van der Waals surface area contributed by atoms with Gasteiger partial charge in [-0.15, -0.1) is 0 Å². The number of hydrogen-bond acceptors (Lipinski definition) is 3. The highest BCUT2D eigenvalue weighted by molar-refractivity contribution is 4.81. The summed E-state index contributed by atoms with van der Waals surface area (Å²) in [6.07, 6.45) is 7.71. The molecule has 3 atom stereocenters. The van der Waals surface area contributed by atoms with Crippen molar-refractivity contribution in [3.63, 3.8) is 0 Å². The van der Waals surface area contributed by atoms with Gasteiger partial charge in [-0.05, 0) is 43.4 Å². The topological polar surface area (TPSA) is 27.7 Å². The zero-order chi connectivity index (χ0) is 16.2. The molecule has 3 nitrogen and oxygen atoms in total. The number of hydrogen-bond donors (Lipinski definition) is 0. The van der Waals surface area contributed by atoms with Crippen molar-refractivity contribution < 1.29 is 14.2 Å². The third-order valence-electron chi connectivity index (χ3n) is 4.74. The summed E-state index contributed by atoms with van der Waals surface area (Å²) in [6, 6.07) is 0. The van der Waals surface area contributed by atoms with Gasteiger partial charge in [0, 0.05) is 19.8 Å². The Morgan fingerprint density at radius 1 is 0.909 bits per heavy atom. The smallest absolute Gasteiger partial charge is 0.0700 e. The van der Waals surface area contributed by atoms with Gasteiger partial charge in [0.1, 0.15) is 0 Å². The maximum Gasteiger partial charge on any atom is 0.0700 e. The standard InChI is InChI=1S/C19H38O3/c1-5-6-10-20-13-14-21-11-7-12-22-19-15-17(4)8-9-18(19)16(2)3/h16-19H,5-15H2,1-4H3. The van der Waals surface area contributed by atoms with Crippen molar-refractivity contribution in [2.24, 2.45) is 17.8 Å². The lowest BCUT2D eigenvalue weighted by Gasteiger charge is -2.37. The number of rotatable bonds is 12. The molecule has 0 heterocycles. The first-order valence-electron chi connectivity index (χ1n) is 9.42. The average molecular weight is 315 g/mol. The van der Waals surface area contributed by atoms with Crippen LogP contribution in [0.3, 0.4) is 0 Å². The summed E-state index contributed by atoms with van der Waals surface area (Å²) >= 11 is 0. The fraction of sp³-hybridized carbons (Fsp3) is 1.00. The summed E-state index contributed by atoms with van der Waals surface area (Å²) in [4.78, 5) is 0. The van der Waals surface area contributed by atoms with E-state index < -0.39 is 0 Å². The molecule has 3 heteroatoms. The van der Waals surface area contributed by atoms with Crippen LogP contribution in [0.2, 0.25) is 0 Å². The molecule has 1 rings (SSSR count). The third-order valence-corrected chi connectivity index (χ3v) is 4.74. The van der Waals surface area contributed by atoms with Crippen molar-refractivity contribution in [3.05, 3.63) is 0 Å². The summed E-state index contributed by atoms with van der Waals surface area (Å²) in [6.45, 7) is 13.1. The van der Waals surface area contributed by atoms with Gasteiger partial charge in [-0.1, -0.05) is 40.5 Å². The zero-order valence-electron chi connectivity index (χ0n) is 15.3. The van der Waals surface area contributed by atoms with Crippen molar-refractivity contribution in [1.29, 1.82) is 0 Å². The molecule has 0 radical (unpaired) electrons. The maximum absolute atomic E-state index is 6.18. The number of ether oxygens (including phenoxy) is 3. The van der Waals surface area contributed by atoms with E-state index in [1.807, 2.05) is 0 Å². The lowest BCUT2D eigenvalue weighted by atomic mass is 9.75. The normalized spacial score (nSPS) is 25.8. The van der Waals surface area contributed by atoms with Crippen LogP contribution in [0, 0.1) is 17.8 Å². The van der Waals surface area contributed by atoms with Gasteiger partial charge in [-0.2, -0.15) is 0 Å². The molecule has 0 N–H and O–H groups in total. The lowest BCUT2D eigenvalue weighted by Crippen LogP contribution is -2.34. The summed E-state index contributed by atoms with van der Waals surface area (Å²) in [5.41, 5.74) is 0. The van der Waals surface area contributed by atoms with Gasteiger partial charge in [0.2, 0.25) is 0 Å². The van der Waals surface area contributed by atoms with Gasteiger partial charge in [0.15, 0.2) is 0 Å². The molecule has 1 aliphatic rings. The fourth-order valence-corrected chi connectivity index (χ4v) is 3.27. The SMILES string of the molecule is CCCCOCCOCCCOC1CC(C)CCC1C(C)C. The Hall–Kier alpha value is -0.120. The second-order valence-electron chi connectivity index (χ2n) is 7.17. The lowest BCUT2D eigenvalue weighted by molar-refractivity contribution is -0.0460. The highest BCUT2D eigenvalue weighted by Gasteiger charge is 2.31. The van der Waals surface area contributed by atoms with E-state index in [2.05, 4.69) is 27.7 Å². The van der Waals surface area contributed by atoms with Crippen molar-refractivity contribution in [2.45, 2.75) is 72.3 Å². The van der Waals surface area contributed by atoms with E-state index in [9.17, 15) is 0 Å². The van der Waals surface area contributed by atoms with Crippen LogP contribution in [-0.4, -0.2) is 39.1 Å². The molecule has 22 heavy (non-hydrogen) atoms. The number of unbranched alkanes of at least 4 members (excludes halogenated alkanes) is 1. The Kier molecular flexibility index (Phi) is 11.2. The summed E-state index contributed by atoms with van der Waals surface area (Å²) in [5, 5.41) is 0. The molecule has 0 aromatic carbocycles. The Bertz CT molecular complexity index is 255. The second kappa shape index (κ2) is 12.3. The Labute approximate surface area is 138 Å². The second-order valence-corrected chi connectivity index (χ2v) is 7.17. The first kappa shape index (κ1) is 19.9. The van der Waals surface area contributed by atoms with Crippen molar-refractivity contribution >= 4 is 0 Å². The molecule has 0 aromatic rings. The van der Waals surface area contributed by atoms with Gasteiger partial charge in [-0.25, -0.2) is 0 Å². The predicted molar refractivity (Wildman–Crippen MR) is 92.2 cm³/mol. The van der Waals surface area contributed by atoms with Crippen LogP contribution < -0.4 is 0 Å². The van der Waals surface area contributed by atoms with Crippen LogP contribution in [0.1, 0.15) is 66.2 Å². The highest BCUT2D eigenvalue weighted by atomic mass is 16.5. The van der Waals surface area contributed by atoms with E-state index >= 15 is 0 Å². The fourth-order valence-electron chi connectivity index (χ4n) is 3.27. The van der Waals surface area contributed by atoms with Crippen LogP contribution in [0.4, 0.5) is 0 Å². The molecule has 132 valence electrons. The van der Waals surface area contributed by atoms with E-state index in [0.717, 1.165) is 57.0 Å². The van der Waals surface area contributed by atoms with Crippen LogP contribution in [-0.2, 0) is 14.2 Å². The summed E-state index contributed by atoms with van der Waals surface area (Å²) in [7, 11) is 0. The molecule has 0 spiro atoms. The average Bonchev–Trinajstić information content (AvgIpc) is 2.49. The summed E-state index contributed by atoms with van der Waals surface area (Å²) in [5.74, 6) is 2.29. The molecule has 0 aliphatic heterocycles. The highest BCUT2D eigenvalue weighted by Crippen LogP contribution is 2.35. The first-order valence-corrected chi connectivity index (χ1v) is 9.42. The molecule has 3 unspecified atom stereocenters. The molecular formula is C19H38O3. The van der Waals surface area contributed by atoms with E-state index in [0.29, 0.717) is 12.7 Å². The summed E-state index contributed by atoms with van der Waals surface area (Å²) < 4.78 is 17.2. The van der Waals surface area contributed by atoms with Crippen LogP contribution in [0.25, 0.3) is 0 Å². The van der Waals surface area contributed by atoms with Gasteiger partial charge in [-0.3, -0.25) is 0 Å². The Morgan fingerprint density at radius 2 is 1.59 bits per heavy atom. The van der Waals surface area contributed by atoms with Gasteiger partial charge < -0.3 is 14.2 Å². The largest absolute Gasteiger partial charge is 0.379 e. The molecular weight excluding hydrogens is 276 g/mol. The molecule has 1 aliphatic carbocycles. The van der Waals surface area contributed by atoms with Crippen LogP contribution >= 0.6 is 0 Å². The third kappa shape index (κ3) is 8.50. The monoisotopic (exact) mass is 314 g/mol. The quantitative estimate of drug-likeness (QED) is 0.489. The predicted octanol–water partition coefficient (Wildman–Crippen LogP) is 4.69. The Balaban J connectivity index is 2.00. The van der Waals surface area contributed by atoms with Crippen molar-refractivity contribution in [1.82, 2.24) is 0 Å². The minimum atomic E-state index is 0.459. The molecule has 0 saturated heterocycles. The van der Waals surface area contributed by atoms with E-state index in [1.54, 1.807) is 0 Å². The molecule has 0 amide bonds. The van der Waals surface area contributed by atoms with Crippen LogP contribution in [0.15, 0.2) is 0 Å². The molecule has 0 aromatic heterocycles. The van der Waals surface area contributed by atoms with E-state index in [4.69, 9.17) is 14.2 Å². The van der Waals surface area contributed by atoms with Gasteiger partial charge in [0.05, 0.1) is 19.3 Å². The van der Waals surface area contributed by atoms with Gasteiger partial charge in [0.25, 0.3) is 0 Å². The first-order chi connectivity index (χ1) is 10.6. The van der Waals surface area contributed by atoms with E-state index in [-0.39, 0.29) is 0 Å². The Morgan fingerprint density at radius 3 is 2.23 bits per heavy atom. The molecule has 1 saturated carbocycles. The minimum Gasteiger partial charge on any atom is -0.379 e. The zero-order valence-corrected chi connectivity index (χ0v) is 15.3. The van der Waals surface area contributed by atoms with Crippen molar-refractivity contribution in [3.8, 4) is 0 Å². The van der Waals surface area contributed by atoms with Crippen LogP contribution in [0.5, 0.6) is 0 Å². The maximum atomic E-state index is 6.18. The van der Waals surface area contributed by atoms with Gasteiger partial charge >= 0.3 is 0 Å².